The highest BCUT2D eigenvalue weighted by molar-refractivity contribution is 6.07. The van der Waals surface area contributed by atoms with Gasteiger partial charge in [0.15, 0.2) is 11.5 Å². The fraction of sp³-hybridized carbons (Fsp3) is 0.350. The van der Waals surface area contributed by atoms with E-state index < -0.39 is 0 Å². The summed E-state index contributed by atoms with van der Waals surface area (Å²) in [5.74, 6) is 2.42. The molecule has 1 aliphatic heterocycles. The van der Waals surface area contributed by atoms with Crippen molar-refractivity contribution in [1.29, 1.82) is 0 Å². The third-order valence-corrected chi connectivity index (χ3v) is 4.59. The molecule has 0 atom stereocenters. The van der Waals surface area contributed by atoms with Crippen molar-refractivity contribution < 1.29 is 23.7 Å². The van der Waals surface area contributed by atoms with Crippen LogP contribution >= 0.6 is 0 Å². The van der Waals surface area contributed by atoms with Crippen molar-refractivity contribution in [1.82, 2.24) is 0 Å². The lowest BCUT2D eigenvalue weighted by molar-refractivity contribution is 0.0984. The molecule has 0 unspecified atom stereocenters. The van der Waals surface area contributed by atoms with E-state index in [0.29, 0.717) is 29.4 Å². The number of fused-ring (bicyclic) bond motifs is 1. The van der Waals surface area contributed by atoms with Crippen molar-refractivity contribution in [2.45, 2.75) is 12.8 Å². The number of nitrogens with zero attached hydrogens (tertiary/aromatic N) is 1. The van der Waals surface area contributed by atoms with Gasteiger partial charge in [0.25, 0.3) is 5.91 Å². The van der Waals surface area contributed by atoms with E-state index >= 15 is 0 Å². The van der Waals surface area contributed by atoms with Crippen LogP contribution in [0.2, 0.25) is 0 Å². The lowest BCUT2D eigenvalue weighted by Gasteiger charge is -2.31. The molecule has 0 spiro atoms. The molecule has 138 valence electrons. The highest BCUT2D eigenvalue weighted by Crippen LogP contribution is 2.39. The Bertz CT molecular complexity index is 818. The first-order chi connectivity index (χ1) is 12.6. The van der Waals surface area contributed by atoms with Gasteiger partial charge in [-0.25, -0.2) is 0 Å². The zero-order chi connectivity index (χ0) is 18.7. The Kier molecular flexibility index (Phi) is 5.21. The van der Waals surface area contributed by atoms with Gasteiger partial charge in [-0.2, -0.15) is 0 Å². The van der Waals surface area contributed by atoms with Gasteiger partial charge in [-0.1, -0.05) is 0 Å². The number of rotatable bonds is 5. The Morgan fingerprint density at radius 3 is 2.27 bits per heavy atom. The van der Waals surface area contributed by atoms with E-state index in [-0.39, 0.29) is 5.91 Å². The molecular weight excluding hydrogens is 334 g/mol. The summed E-state index contributed by atoms with van der Waals surface area (Å²) in [6, 6.07) is 8.92. The summed E-state index contributed by atoms with van der Waals surface area (Å²) in [5, 5.41) is 0. The Morgan fingerprint density at radius 2 is 1.62 bits per heavy atom. The average Bonchev–Trinajstić information content (AvgIpc) is 2.71. The summed E-state index contributed by atoms with van der Waals surface area (Å²) < 4.78 is 21.4. The van der Waals surface area contributed by atoms with Crippen molar-refractivity contribution in [2.75, 3.05) is 39.9 Å². The van der Waals surface area contributed by atoms with Gasteiger partial charge in [-0.3, -0.25) is 4.79 Å². The number of anilines is 1. The highest BCUT2D eigenvalue weighted by atomic mass is 16.5. The number of carbonyl (C=O) groups excluding carboxylic acids is 1. The van der Waals surface area contributed by atoms with Crippen LogP contribution in [0.15, 0.2) is 30.3 Å². The topological polar surface area (TPSA) is 57.2 Å². The summed E-state index contributed by atoms with van der Waals surface area (Å²) in [5.41, 5.74) is 2.39. The third-order valence-electron chi connectivity index (χ3n) is 4.59. The molecule has 2 aromatic carbocycles. The second-order valence-corrected chi connectivity index (χ2v) is 5.96. The first kappa shape index (κ1) is 17.9. The molecule has 0 aliphatic carbocycles. The molecule has 0 N–H and O–H groups in total. The number of benzene rings is 2. The van der Waals surface area contributed by atoms with Crippen LogP contribution in [0, 0.1) is 0 Å². The van der Waals surface area contributed by atoms with Crippen molar-refractivity contribution in [3.05, 3.63) is 41.5 Å². The average molecular weight is 357 g/mol. The molecule has 1 amide bonds. The van der Waals surface area contributed by atoms with Crippen molar-refractivity contribution in [3.63, 3.8) is 0 Å². The smallest absolute Gasteiger partial charge is 0.258 e. The van der Waals surface area contributed by atoms with E-state index in [0.717, 1.165) is 29.8 Å². The zero-order valence-electron chi connectivity index (χ0n) is 15.5. The molecular formula is C20H23NO5. The monoisotopic (exact) mass is 357 g/mol. The van der Waals surface area contributed by atoms with Gasteiger partial charge >= 0.3 is 0 Å². The molecule has 0 bridgehead atoms. The highest BCUT2D eigenvalue weighted by Gasteiger charge is 2.27. The molecule has 0 radical (unpaired) electrons. The molecule has 0 aromatic heterocycles. The maximum absolute atomic E-state index is 13.2. The molecule has 1 heterocycles. The predicted molar refractivity (Wildman–Crippen MR) is 99.1 cm³/mol. The fourth-order valence-corrected chi connectivity index (χ4v) is 3.27. The summed E-state index contributed by atoms with van der Waals surface area (Å²) >= 11 is 0. The maximum atomic E-state index is 13.2. The van der Waals surface area contributed by atoms with Gasteiger partial charge < -0.3 is 23.8 Å². The van der Waals surface area contributed by atoms with Crippen LogP contribution in [0.25, 0.3) is 0 Å². The number of methoxy groups -OCH3 is 4. The molecule has 6 nitrogen and oxygen atoms in total. The lowest BCUT2D eigenvalue weighted by atomic mass is 9.99. The van der Waals surface area contributed by atoms with Crippen LogP contribution in [0.5, 0.6) is 23.0 Å². The van der Waals surface area contributed by atoms with E-state index in [9.17, 15) is 4.79 Å². The largest absolute Gasteiger partial charge is 0.497 e. The number of amides is 1. The minimum atomic E-state index is -0.0952. The lowest BCUT2D eigenvalue weighted by Crippen LogP contribution is -2.35. The van der Waals surface area contributed by atoms with Gasteiger partial charge in [0, 0.05) is 29.8 Å². The number of carbonyl (C=O) groups is 1. The molecule has 0 saturated carbocycles. The van der Waals surface area contributed by atoms with Crippen LogP contribution in [0.4, 0.5) is 5.69 Å². The van der Waals surface area contributed by atoms with Crippen molar-refractivity contribution in [3.8, 4) is 23.0 Å². The third kappa shape index (κ3) is 3.14. The Morgan fingerprint density at radius 1 is 0.885 bits per heavy atom. The second kappa shape index (κ2) is 7.56. The van der Waals surface area contributed by atoms with Gasteiger partial charge in [0.1, 0.15) is 11.5 Å². The minimum Gasteiger partial charge on any atom is -0.497 e. The molecule has 0 fully saturated rings. The van der Waals surface area contributed by atoms with Crippen LogP contribution in [0.3, 0.4) is 0 Å². The van der Waals surface area contributed by atoms with E-state index in [1.807, 2.05) is 12.1 Å². The maximum Gasteiger partial charge on any atom is 0.258 e. The summed E-state index contributed by atoms with van der Waals surface area (Å²) in [4.78, 5) is 14.9. The Balaban J connectivity index is 2.03. The molecule has 2 aromatic rings. The van der Waals surface area contributed by atoms with Gasteiger partial charge in [0.05, 0.1) is 34.1 Å². The number of ether oxygens (including phenoxy) is 4. The Labute approximate surface area is 153 Å². The molecule has 0 saturated heterocycles. The van der Waals surface area contributed by atoms with Gasteiger partial charge in [0.2, 0.25) is 0 Å². The first-order valence-corrected chi connectivity index (χ1v) is 8.41. The SMILES string of the molecule is COc1cc(OC)c2c(c1)N(C(=O)c1ccc(OC)c(OC)c1)CCC2. The molecule has 26 heavy (non-hydrogen) atoms. The zero-order valence-corrected chi connectivity index (χ0v) is 15.5. The van der Waals surface area contributed by atoms with Crippen LogP contribution in [0.1, 0.15) is 22.3 Å². The number of hydrogen-bond donors (Lipinski definition) is 0. The van der Waals surface area contributed by atoms with Gasteiger partial charge in [-0.15, -0.1) is 0 Å². The van der Waals surface area contributed by atoms with E-state index in [1.165, 1.54) is 0 Å². The van der Waals surface area contributed by atoms with Gasteiger partial charge in [-0.05, 0) is 31.0 Å². The van der Waals surface area contributed by atoms with Crippen molar-refractivity contribution in [2.24, 2.45) is 0 Å². The fourth-order valence-electron chi connectivity index (χ4n) is 3.27. The molecule has 1 aliphatic rings. The Hall–Kier alpha value is -2.89. The predicted octanol–water partition coefficient (Wildman–Crippen LogP) is 3.31. The van der Waals surface area contributed by atoms with E-state index in [4.69, 9.17) is 18.9 Å². The number of hydrogen-bond acceptors (Lipinski definition) is 5. The van der Waals surface area contributed by atoms with Crippen LogP contribution in [-0.4, -0.2) is 40.9 Å². The summed E-state index contributed by atoms with van der Waals surface area (Å²) in [7, 11) is 6.35. The second-order valence-electron chi connectivity index (χ2n) is 5.96. The van der Waals surface area contributed by atoms with Crippen LogP contribution in [-0.2, 0) is 6.42 Å². The van der Waals surface area contributed by atoms with Crippen molar-refractivity contribution >= 4 is 11.6 Å². The minimum absolute atomic E-state index is 0.0952. The van der Waals surface area contributed by atoms with E-state index in [2.05, 4.69) is 0 Å². The quantitative estimate of drug-likeness (QED) is 0.822. The molecule has 3 rings (SSSR count). The first-order valence-electron chi connectivity index (χ1n) is 8.41. The molecule has 6 heteroatoms. The van der Waals surface area contributed by atoms with Crippen LogP contribution < -0.4 is 23.8 Å². The van der Waals surface area contributed by atoms with E-state index in [1.54, 1.807) is 51.5 Å². The summed E-state index contributed by atoms with van der Waals surface area (Å²) in [6.45, 7) is 0.635. The standard InChI is InChI=1S/C20H23NO5/c1-23-14-11-16-15(18(12-14)25-3)6-5-9-21(16)20(22)13-7-8-17(24-2)19(10-13)26-4/h7-8,10-12H,5-6,9H2,1-4H3. The normalized spacial score (nSPS) is 13.0. The summed E-state index contributed by atoms with van der Waals surface area (Å²) in [6.07, 6.45) is 1.73.